The SMILES string of the molecule is Cc1ccc(-c2cnc3[nH]ccc3c2)cc1[N+](=O)[O-]. The molecule has 0 saturated carbocycles. The van der Waals surface area contributed by atoms with Gasteiger partial charge >= 0.3 is 0 Å². The maximum absolute atomic E-state index is 11.0. The topological polar surface area (TPSA) is 71.8 Å². The summed E-state index contributed by atoms with van der Waals surface area (Å²) in [5.74, 6) is 0. The van der Waals surface area contributed by atoms with Gasteiger partial charge in [-0.25, -0.2) is 4.98 Å². The van der Waals surface area contributed by atoms with Crippen LogP contribution < -0.4 is 0 Å². The molecule has 0 fully saturated rings. The van der Waals surface area contributed by atoms with Crippen molar-refractivity contribution in [1.29, 1.82) is 0 Å². The average Bonchev–Trinajstić information content (AvgIpc) is 2.86. The van der Waals surface area contributed by atoms with Gasteiger partial charge < -0.3 is 4.98 Å². The third kappa shape index (κ3) is 1.95. The van der Waals surface area contributed by atoms with Crippen LogP contribution in [0.1, 0.15) is 5.56 Å². The summed E-state index contributed by atoms with van der Waals surface area (Å²) in [6.07, 6.45) is 3.53. The predicted molar refractivity (Wildman–Crippen MR) is 72.9 cm³/mol. The van der Waals surface area contributed by atoms with E-state index < -0.39 is 0 Å². The largest absolute Gasteiger partial charge is 0.346 e. The number of aromatic nitrogens is 2. The molecular weight excluding hydrogens is 242 g/mol. The minimum Gasteiger partial charge on any atom is -0.346 e. The van der Waals surface area contributed by atoms with E-state index in [9.17, 15) is 10.1 Å². The van der Waals surface area contributed by atoms with Gasteiger partial charge in [-0.2, -0.15) is 0 Å². The Labute approximate surface area is 109 Å². The van der Waals surface area contributed by atoms with Crippen molar-refractivity contribution in [2.45, 2.75) is 6.92 Å². The minimum absolute atomic E-state index is 0.131. The molecular formula is C14H11N3O2. The van der Waals surface area contributed by atoms with E-state index in [0.29, 0.717) is 5.56 Å². The van der Waals surface area contributed by atoms with E-state index in [1.807, 2.05) is 24.4 Å². The van der Waals surface area contributed by atoms with Crippen molar-refractivity contribution in [3.05, 3.63) is 58.4 Å². The van der Waals surface area contributed by atoms with Crippen LogP contribution in [0.25, 0.3) is 22.2 Å². The number of hydrogen-bond acceptors (Lipinski definition) is 3. The molecule has 5 nitrogen and oxygen atoms in total. The lowest BCUT2D eigenvalue weighted by Gasteiger charge is -2.03. The molecule has 2 heterocycles. The second-order valence-electron chi connectivity index (χ2n) is 4.40. The van der Waals surface area contributed by atoms with E-state index in [-0.39, 0.29) is 10.6 Å². The maximum atomic E-state index is 11.0. The summed E-state index contributed by atoms with van der Waals surface area (Å²) in [6, 6.07) is 9.11. The Hall–Kier alpha value is -2.69. The van der Waals surface area contributed by atoms with Crippen LogP contribution in [0.4, 0.5) is 5.69 Å². The molecule has 3 rings (SSSR count). The number of nitrogens with one attached hydrogen (secondary N) is 1. The van der Waals surface area contributed by atoms with Crippen LogP contribution in [-0.4, -0.2) is 14.9 Å². The molecule has 3 aromatic rings. The van der Waals surface area contributed by atoms with Gasteiger partial charge in [0.15, 0.2) is 0 Å². The summed E-state index contributed by atoms with van der Waals surface area (Å²) in [7, 11) is 0. The third-order valence-electron chi connectivity index (χ3n) is 3.14. The Kier molecular flexibility index (Phi) is 2.52. The zero-order valence-electron chi connectivity index (χ0n) is 10.3. The molecule has 0 aliphatic rings. The normalized spacial score (nSPS) is 10.8. The fraction of sp³-hybridized carbons (Fsp3) is 0.0714. The van der Waals surface area contributed by atoms with Crippen LogP contribution >= 0.6 is 0 Å². The first-order valence-electron chi connectivity index (χ1n) is 5.84. The van der Waals surface area contributed by atoms with Crippen LogP contribution in [0.5, 0.6) is 0 Å². The van der Waals surface area contributed by atoms with Gasteiger partial charge in [0.25, 0.3) is 5.69 Å². The molecule has 0 amide bonds. The number of hydrogen-bond donors (Lipinski definition) is 1. The number of nitro groups is 1. The zero-order valence-corrected chi connectivity index (χ0v) is 10.3. The molecule has 1 aromatic carbocycles. The highest BCUT2D eigenvalue weighted by molar-refractivity contribution is 5.81. The Morgan fingerprint density at radius 3 is 2.84 bits per heavy atom. The number of rotatable bonds is 2. The molecule has 5 heteroatoms. The molecule has 0 radical (unpaired) electrons. The Bertz CT molecular complexity index is 777. The number of nitro benzene ring substituents is 1. The first kappa shape index (κ1) is 11.4. The molecule has 94 valence electrons. The van der Waals surface area contributed by atoms with Gasteiger partial charge in [-0.15, -0.1) is 0 Å². The first-order chi connectivity index (χ1) is 9.15. The smallest absolute Gasteiger partial charge is 0.272 e. The molecule has 0 atom stereocenters. The van der Waals surface area contributed by atoms with Crippen LogP contribution in [0, 0.1) is 17.0 Å². The summed E-state index contributed by atoms with van der Waals surface area (Å²) in [5, 5.41) is 11.9. The van der Waals surface area contributed by atoms with Crippen molar-refractivity contribution < 1.29 is 4.92 Å². The van der Waals surface area contributed by atoms with Crippen molar-refractivity contribution in [2.24, 2.45) is 0 Å². The Morgan fingerprint density at radius 1 is 1.21 bits per heavy atom. The number of nitrogens with zero attached hydrogens (tertiary/aromatic N) is 2. The van der Waals surface area contributed by atoms with Crippen molar-refractivity contribution in [3.63, 3.8) is 0 Å². The quantitative estimate of drug-likeness (QED) is 0.561. The van der Waals surface area contributed by atoms with Gasteiger partial charge in [-0.3, -0.25) is 10.1 Å². The van der Waals surface area contributed by atoms with E-state index in [0.717, 1.165) is 22.2 Å². The molecule has 0 aliphatic heterocycles. The van der Waals surface area contributed by atoms with Crippen LogP contribution in [0.2, 0.25) is 0 Å². The van der Waals surface area contributed by atoms with Crippen LogP contribution in [0.15, 0.2) is 42.7 Å². The molecule has 2 aromatic heterocycles. The van der Waals surface area contributed by atoms with E-state index in [4.69, 9.17) is 0 Å². The fourth-order valence-corrected chi connectivity index (χ4v) is 2.08. The summed E-state index contributed by atoms with van der Waals surface area (Å²) in [6.45, 7) is 1.73. The van der Waals surface area contributed by atoms with Gasteiger partial charge in [0, 0.05) is 35.0 Å². The summed E-state index contributed by atoms with van der Waals surface area (Å²) in [4.78, 5) is 17.9. The number of fused-ring (bicyclic) bond motifs is 1. The lowest BCUT2D eigenvalue weighted by molar-refractivity contribution is -0.385. The first-order valence-corrected chi connectivity index (χ1v) is 5.84. The molecule has 0 bridgehead atoms. The summed E-state index contributed by atoms with van der Waals surface area (Å²) < 4.78 is 0. The van der Waals surface area contributed by atoms with Crippen LogP contribution in [0.3, 0.4) is 0 Å². The average molecular weight is 253 g/mol. The summed E-state index contributed by atoms with van der Waals surface area (Å²) in [5.41, 5.74) is 3.27. The number of aromatic amines is 1. The lowest BCUT2D eigenvalue weighted by Crippen LogP contribution is -1.92. The van der Waals surface area contributed by atoms with Gasteiger partial charge in [0.05, 0.1) is 4.92 Å². The van der Waals surface area contributed by atoms with Crippen molar-refractivity contribution >= 4 is 16.7 Å². The van der Waals surface area contributed by atoms with E-state index in [1.54, 1.807) is 25.3 Å². The van der Waals surface area contributed by atoms with Gasteiger partial charge in [-0.05, 0) is 24.6 Å². The number of benzene rings is 1. The minimum atomic E-state index is -0.360. The van der Waals surface area contributed by atoms with Crippen molar-refractivity contribution in [3.8, 4) is 11.1 Å². The van der Waals surface area contributed by atoms with E-state index in [2.05, 4.69) is 9.97 Å². The standard InChI is InChI=1S/C14H11N3O2/c1-9-2-3-10(7-13(9)17(18)19)12-6-11-4-5-15-14(11)16-8-12/h2-8H,1H3,(H,15,16). The molecule has 19 heavy (non-hydrogen) atoms. The van der Waals surface area contributed by atoms with Gasteiger partial charge in [-0.1, -0.05) is 12.1 Å². The van der Waals surface area contributed by atoms with E-state index >= 15 is 0 Å². The molecule has 0 aliphatic carbocycles. The maximum Gasteiger partial charge on any atom is 0.272 e. The Morgan fingerprint density at radius 2 is 2.05 bits per heavy atom. The number of aryl methyl sites for hydroxylation is 1. The molecule has 1 N–H and O–H groups in total. The monoisotopic (exact) mass is 253 g/mol. The van der Waals surface area contributed by atoms with Crippen LogP contribution in [-0.2, 0) is 0 Å². The second-order valence-corrected chi connectivity index (χ2v) is 4.40. The second kappa shape index (κ2) is 4.20. The predicted octanol–water partition coefficient (Wildman–Crippen LogP) is 3.45. The third-order valence-corrected chi connectivity index (χ3v) is 3.14. The van der Waals surface area contributed by atoms with Gasteiger partial charge in [0.2, 0.25) is 0 Å². The van der Waals surface area contributed by atoms with Gasteiger partial charge in [0.1, 0.15) is 5.65 Å². The molecule has 0 spiro atoms. The van der Waals surface area contributed by atoms with Crippen molar-refractivity contribution in [1.82, 2.24) is 9.97 Å². The van der Waals surface area contributed by atoms with E-state index in [1.165, 1.54) is 0 Å². The lowest BCUT2D eigenvalue weighted by atomic mass is 10.0. The highest BCUT2D eigenvalue weighted by Gasteiger charge is 2.12. The fourth-order valence-electron chi connectivity index (χ4n) is 2.08. The van der Waals surface area contributed by atoms with Crippen molar-refractivity contribution in [2.75, 3.05) is 0 Å². The molecule has 0 unspecified atom stereocenters. The zero-order chi connectivity index (χ0) is 13.4. The summed E-state index contributed by atoms with van der Waals surface area (Å²) >= 11 is 0. The highest BCUT2D eigenvalue weighted by atomic mass is 16.6. The highest BCUT2D eigenvalue weighted by Crippen LogP contribution is 2.27. The number of H-pyrrole nitrogens is 1. The number of pyridine rings is 1. The molecule has 0 saturated heterocycles. The Balaban J connectivity index is 2.15.